The maximum absolute atomic E-state index is 5.77. The van der Waals surface area contributed by atoms with E-state index in [1.54, 1.807) is 0 Å². The molecule has 0 aromatic heterocycles. The van der Waals surface area contributed by atoms with E-state index in [1.807, 2.05) is 31.2 Å². The van der Waals surface area contributed by atoms with Crippen molar-refractivity contribution < 1.29 is 9.47 Å². The highest BCUT2D eigenvalue weighted by atomic mass is 35.5. The topological polar surface area (TPSA) is 18.5 Å². The highest BCUT2D eigenvalue weighted by molar-refractivity contribution is 6.30. The average Bonchev–Trinajstić information content (AvgIpc) is 2.53. The molecule has 2 rings (SSSR count). The van der Waals surface area contributed by atoms with Crippen molar-refractivity contribution in [3.63, 3.8) is 0 Å². The fourth-order valence-corrected chi connectivity index (χ4v) is 1.43. The van der Waals surface area contributed by atoms with Crippen LogP contribution in [0.15, 0.2) is 24.3 Å². The van der Waals surface area contributed by atoms with E-state index in [4.69, 9.17) is 21.1 Å². The summed E-state index contributed by atoms with van der Waals surface area (Å²) in [5, 5.41) is 0.731. The largest absolute Gasteiger partial charge is 0.346 e. The highest BCUT2D eigenvalue weighted by Gasteiger charge is 2.23. The van der Waals surface area contributed by atoms with Crippen LogP contribution in [0, 0.1) is 0 Å². The maximum atomic E-state index is 5.77. The van der Waals surface area contributed by atoms with Crippen LogP contribution in [0.4, 0.5) is 0 Å². The van der Waals surface area contributed by atoms with Crippen LogP contribution in [0.25, 0.3) is 0 Å². The van der Waals surface area contributed by atoms with Gasteiger partial charge in [-0.15, -0.1) is 0 Å². The van der Waals surface area contributed by atoms with Gasteiger partial charge in [-0.1, -0.05) is 23.7 Å². The smallest absolute Gasteiger partial charge is 0.184 e. The van der Waals surface area contributed by atoms with Crippen molar-refractivity contribution in [2.75, 3.05) is 6.61 Å². The molecule has 2 atom stereocenters. The third-order valence-electron chi connectivity index (χ3n) is 1.98. The first-order chi connectivity index (χ1) is 6.25. The standard InChI is InChI=1S/C10H11ClO2/c1-7-6-12-10(13-7)8-2-4-9(11)5-3-8/h2-5,7,10H,6H2,1H3/t7-,10?/m1/s1. The van der Waals surface area contributed by atoms with Gasteiger partial charge >= 0.3 is 0 Å². The van der Waals surface area contributed by atoms with Crippen LogP contribution in [0.5, 0.6) is 0 Å². The van der Waals surface area contributed by atoms with Crippen molar-refractivity contribution in [3.05, 3.63) is 34.9 Å². The highest BCUT2D eigenvalue weighted by Crippen LogP contribution is 2.27. The van der Waals surface area contributed by atoms with Crippen molar-refractivity contribution in [1.82, 2.24) is 0 Å². The lowest BCUT2D eigenvalue weighted by Gasteiger charge is -2.09. The van der Waals surface area contributed by atoms with Gasteiger partial charge in [-0.3, -0.25) is 0 Å². The SMILES string of the molecule is C[C@@H]1COC(c2ccc(Cl)cc2)O1. The van der Waals surface area contributed by atoms with Crippen molar-refractivity contribution in [3.8, 4) is 0 Å². The summed E-state index contributed by atoms with van der Waals surface area (Å²) in [6.45, 7) is 2.66. The molecule has 0 bridgehead atoms. The van der Waals surface area contributed by atoms with E-state index in [0.717, 1.165) is 10.6 Å². The monoisotopic (exact) mass is 198 g/mol. The maximum Gasteiger partial charge on any atom is 0.184 e. The van der Waals surface area contributed by atoms with Crippen LogP contribution in [-0.2, 0) is 9.47 Å². The minimum Gasteiger partial charge on any atom is -0.346 e. The van der Waals surface area contributed by atoms with Gasteiger partial charge in [0, 0.05) is 10.6 Å². The molecule has 1 aliphatic heterocycles. The number of benzene rings is 1. The van der Waals surface area contributed by atoms with Gasteiger partial charge in [0.05, 0.1) is 12.7 Å². The molecule has 13 heavy (non-hydrogen) atoms. The second kappa shape index (κ2) is 3.66. The quantitative estimate of drug-likeness (QED) is 0.691. The van der Waals surface area contributed by atoms with Crippen molar-refractivity contribution in [1.29, 1.82) is 0 Å². The Hall–Kier alpha value is -0.570. The molecule has 0 spiro atoms. The lowest BCUT2D eigenvalue weighted by molar-refractivity contribution is -0.0572. The summed E-state index contributed by atoms with van der Waals surface area (Å²) < 4.78 is 10.9. The van der Waals surface area contributed by atoms with Crippen LogP contribution in [0.2, 0.25) is 5.02 Å². The van der Waals surface area contributed by atoms with Gasteiger partial charge in [0.2, 0.25) is 0 Å². The minimum absolute atomic E-state index is 0.181. The molecular weight excluding hydrogens is 188 g/mol. The third kappa shape index (κ3) is 2.02. The Balaban J connectivity index is 2.13. The molecular formula is C10H11ClO2. The Morgan fingerprint density at radius 1 is 1.31 bits per heavy atom. The molecule has 3 heteroatoms. The summed E-state index contributed by atoms with van der Waals surface area (Å²) in [7, 11) is 0. The molecule has 0 amide bonds. The summed E-state index contributed by atoms with van der Waals surface area (Å²) in [6, 6.07) is 7.52. The predicted octanol–water partition coefficient (Wildman–Crippen LogP) is 2.77. The zero-order chi connectivity index (χ0) is 9.26. The first kappa shape index (κ1) is 9.00. The second-order valence-corrected chi connectivity index (χ2v) is 3.60. The Bertz CT molecular complexity index is 283. The summed E-state index contributed by atoms with van der Waals surface area (Å²) in [5.74, 6) is 0. The molecule has 1 aromatic carbocycles. The molecule has 1 unspecified atom stereocenters. The number of halogens is 1. The first-order valence-electron chi connectivity index (χ1n) is 4.28. The molecule has 0 saturated carbocycles. The van der Waals surface area contributed by atoms with Crippen LogP contribution in [0.1, 0.15) is 18.8 Å². The number of hydrogen-bond acceptors (Lipinski definition) is 2. The van der Waals surface area contributed by atoms with Crippen LogP contribution < -0.4 is 0 Å². The first-order valence-corrected chi connectivity index (χ1v) is 4.66. The van der Waals surface area contributed by atoms with Crippen LogP contribution in [0.3, 0.4) is 0 Å². The Morgan fingerprint density at radius 3 is 2.54 bits per heavy atom. The lowest BCUT2D eigenvalue weighted by atomic mass is 10.2. The van der Waals surface area contributed by atoms with E-state index in [9.17, 15) is 0 Å². The molecule has 1 heterocycles. The lowest BCUT2D eigenvalue weighted by Crippen LogP contribution is -2.02. The van der Waals surface area contributed by atoms with E-state index in [0.29, 0.717) is 6.61 Å². The molecule has 1 saturated heterocycles. The minimum atomic E-state index is -0.215. The second-order valence-electron chi connectivity index (χ2n) is 3.16. The van der Waals surface area contributed by atoms with Crippen LogP contribution in [-0.4, -0.2) is 12.7 Å². The molecule has 0 N–H and O–H groups in total. The molecule has 2 nitrogen and oxygen atoms in total. The van der Waals surface area contributed by atoms with Gasteiger partial charge in [0.25, 0.3) is 0 Å². The number of hydrogen-bond donors (Lipinski definition) is 0. The fraction of sp³-hybridized carbons (Fsp3) is 0.400. The van der Waals surface area contributed by atoms with Crippen molar-refractivity contribution in [2.45, 2.75) is 19.3 Å². The molecule has 1 aromatic rings. The van der Waals surface area contributed by atoms with E-state index in [1.165, 1.54) is 0 Å². The third-order valence-corrected chi connectivity index (χ3v) is 2.23. The summed E-state index contributed by atoms with van der Waals surface area (Å²) in [6.07, 6.45) is -0.0343. The van der Waals surface area contributed by atoms with E-state index < -0.39 is 0 Å². The van der Waals surface area contributed by atoms with Gasteiger partial charge in [0.1, 0.15) is 0 Å². The fourth-order valence-electron chi connectivity index (χ4n) is 1.31. The van der Waals surface area contributed by atoms with Crippen LogP contribution >= 0.6 is 11.6 Å². The van der Waals surface area contributed by atoms with E-state index >= 15 is 0 Å². The molecule has 70 valence electrons. The van der Waals surface area contributed by atoms with E-state index in [-0.39, 0.29) is 12.4 Å². The normalized spacial score (nSPS) is 27.8. The van der Waals surface area contributed by atoms with Gasteiger partial charge in [-0.05, 0) is 19.1 Å². The van der Waals surface area contributed by atoms with Crippen molar-refractivity contribution >= 4 is 11.6 Å². The van der Waals surface area contributed by atoms with Gasteiger partial charge in [-0.25, -0.2) is 0 Å². The number of rotatable bonds is 1. The van der Waals surface area contributed by atoms with E-state index in [2.05, 4.69) is 0 Å². The van der Waals surface area contributed by atoms with Crippen molar-refractivity contribution in [2.24, 2.45) is 0 Å². The summed E-state index contributed by atoms with van der Waals surface area (Å²) in [5.41, 5.74) is 1.02. The molecule has 0 aliphatic carbocycles. The van der Waals surface area contributed by atoms with Gasteiger partial charge < -0.3 is 9.47 Å². The summed E-state index contributed by atoms with van der Waals surface area (Å²) >= 11 is 5.77. The Kier molecular flexibility index (Phi) is 2.54. The predicted molar refractivity (Wildman–Crippen MR) is 50.7 cm³/mol. The van der Waals surface area contributed by atoms with Gasteiger partial charge in [-0.2, -0.15) is 0 Å². The average molecular weight is 199 g/mol. The molecule has 1 aliphatic rings. The van der Waals surface area contributed by atoms with Gasteiger partial charge in [0.15, 0.2) is 6.29 Å². The molecule has 1 fully saturated rings. The zero-order valence-electron chi connectivity index (χ0n) is 7.37. The number of ether oxygens (including phenoxy) is 2. The Morgan fingerprint density at radius 2 is 2.00 bits per heavy atom. The Labute approximate surface area is 82.4 Å². The summed E-state index contributed by atoms with van der Waals surface area (Å²) in [4.78, 5) is 0. The zero-order valence-corrected chi connectivity index (χ0v) is 8.12. The molecule has 0 radical (unpaired) electrons.